The van der Waals surface area contributed by atoms with Crippen LogP contribution in [0.1, 0.15) is 50.7 Å². The van der Waals surface area contributed by atoms with E-state index in [1.165, 1.54) is 5.56 Å². The third kappa shape index (κ3) is 3.59. The molecule has 0 radical (unpaired) electrons. The molecule has 1 aliphatic heterocycles. The summed E-state index contributed by atoms with van der Waals surface area (Å²) >= 11 is 0. The second-order valence-corrected chi connectivity index (χ2v) is 5.62. The third-order valence-electron chi connectivity index (χ3n) is 4.46. The molecule has 1 saturated heterocycles. The van der Waals surface area contributed by atoms with Crippen LogP contribution in [0.15, 0.2) is 24.3 Å². The SMILES string of the molecule is CCC1(CC)CC(NCc2ccc(C#N)cc2)CCO1. The smallest absolute Gasteiger partial charge is 0.0991 e. The highest BCUT2D eigenvalue weighted by molar-refractivity contribution is 5.31. The van der Waals surface area contributed by atoms with Crippen molar-refractivity contribution >= 4 is 0 Å². The highest BCUT2D eigenvalue weighted by atomic mass is 16.5. The summed E-state index contributed by atoms with van der Waals surface area (Å²) in [6, 6.07) is 10.5. The summed E-state index contributed by atoms with van der Waals surface area (Å²) in [6.45, 7) is 6.14. The zero-order chi connectivity index (χ0) is 14.4. The van der Waals surface area contributed by atoms with Gasteiger partial charge in [0.1, 0.15) is 0 Å². The largest absolute Gasteiger partial charge is 0.375 e. The van der Waals surface area contributed by atoms with Crippen molar-refractivity contribution in [2.45, 2.75) is 57.7 Å². The van der Waals surface area contributed by atoms with E-state index >= 15 is 0 Å². The number of nitrogens with zero attached hydrogens (tertiary/aromatic N) is 1. The molecule has 1 aromatic carbocycles. The molecule has 3 heteroatoms. The molecule has 0 spiro atoms. The zero-order valence-corrected chi connectivity index (χ0v) is 12.5. The van der Waals surface area contributed by atoms with Crippen molar-refractivity contribution in [3.05, 3.63) is 35.4 Å². The minimum absolute atomic E-state index is 0.0700. The zero-order valence-electron chi connectivity index (χ0n) is 12.5. The lowest BCUT2D eigenvalue weighted by Gasteiger charge is -2.40. The molecule has 0 aliphatic carbocycles. The normalized spacial score (nSPS) is 21.4. The molecule has 1 heterocycles. The summed E-state index contributed by atoms with van der Waals surface area (Å²) in [6.07, 6.45) is 4.34. The molecule has 20 heavy (non-hydrogen) atoms. The van der Waals surface area contributed by atoms with Crippen molar-refractivity contribution in [3.8, 4) is 6.07 Å². The van der Waals surface area contributed by atoms with Crippen LogP contribution in [0.25, 0.3) is 0 Å². The predicted octanol–water partition coefficient (Wildman–Crippen LogP) is 3.39. The Labute approximate surface area is 121 Å². The Kier molecular flexibility index (Phi) is 5.17. The van der Waals surface area contributed by atoms with Crippen molar-refractivity contribution in [2.24, 2.45) is 0 Å². The van der Waals surface area contributed by atoms with Gasteiger partial charge in [-0.2, -0.15) is 5.26 Å². The molecule has 1 aliphatic rings. The van der Waals surface area contributed by atoms with E-state index in [-0.39, 0.29) is 5.60 Å². The summed E-state index contributed by atoms with van der Waals surface area (Å²) in [4.78, 5) is 0. The highest BCUT2D eigenvalue weighted by Gasteiger charge is 2.34. The van der Waals surface area contributed by atoms with Crippen LogP contribution in [0.2, 0.25) is 0 Å². The van der Waals surface area contributed by atoms with Gasteiger partial charge in [0.2, 0.25) is 0 Å². The minimum Gasteiger partial charge on any atom is -0.375 e. The Morgan fingerprint density at radius 3 is 2.60 bits per heavy atom. The van der Waals surface area contributed by atoms with Gasteiger partial charge >= 0.3 is 0 Å². The minimum atomic E-state index is 0.0700. The molecule has 1 fully saturated rings. The first-order valence-corrected chi connectivity index (χ1v) is 7.57. The molecule has 1 N–H and O–H groups in total. The average molecular weight is 272 g/mol. The lowest BCUT2D eigenvalue weighted by molar-refractivity contribution is -0.0932. The van der Waals surface area contributed by atoms with E-state index in [9.17, 15) is 0 Å². The summed E-state index contributed by atoms with van der Waals surface area (Å²) in [5.74, 6) is 0. The van der Waals surface area contributed by atoms with Crippen molar-refractivity contribution in [2.75, 3.05) is 6.61 Å². The molecule has 1 aromatic rings. The Balaban J connectivity index is 1.88. The van der Waals surface area contributed by atoms with Gasteiger partial charge in [0.25, 0.3) is 0 Å². The number of ether oxygens (including phenoxy) is 1. The maximum absolute atomic E-state index is 8.79. The quantitative estimate of drug-likeness (QED) is 0.893. The van der Waals surface area contributed by atoms with Crippen LogP contribution < -0.4 is 5.32 Å². The van der Waals surface area contributed by atoms with Gasteiger partial charge in [-0.15, -0.1) is 0 Å². The average Bonchev–Trinajstić information content (AvgIpc) is 2.53. The van der Waals surface area contributed by atoms with E-state index < -0.39 is 0 Å². The molecular formula is C17H24N2O. The Morgan fingerprint density at radius 1 is 1.30 bits per heavy atom. The fourth-order valence-corrected chi connectivity index (χ4v) is 2.90. The maximum Gasteiger partial charge on any atom is 0.0991 e. The number of nitrogens with one attached hydrogen (secondary N) is 1. The summed E-state index contributed by atoms with van der Waals surface area (Å²) in [7, 11) is 0. The number of benzene rings is 1. The first-order valence-electron chi connectivity index (χ1n) is 7.57. The fourth-order valence-electron chi connectivity index (χ4n) is 2.90. The highest BCUT2D eigenvalue weighted by Crippen LogP contribution is 2.31. The third-order valence-corrected chi connectivity index (χ3v) is 4.46. The fraction of sp³-hybridized carbons (Fsp3) is 0.588. The van der Waals surface area contributed by atoms with Gasteiger partial charge in [0.15, 0.2) is 0 Å². The molecule has 1 atom stereocenters. The van der Waals surface area contributed by atoms with Gasteiger partial charge < -0.3 is 10.1 Å². The van der Waals surface area contributed by atoms with E-state index in [1.54, 1.807) is 0 Å². The Hall–Kier alpha value is -1.37. The summed E-state index contributed by atoms with van der Waals surface area (Å²) < 4.78 is 6.00. The van der Waals surface area contributed by atoms with Crippen LogP contribution in [-0.2, 0) is 11.3 Å². The van der Waals surface area contributed by atoms with Crippen molar-refractivity contribution in [3.63, 3.8) is 0 Å². The first-order chi connectivity index (χ1) is 9.71. The Bertz CT molecular complexity index is 457. The van der Waals surface area contributed by atoms with Gasteiger partial charge in [-0.25, -0.2) is 0 Å². The van der Waals surface area contributed by atoms with Gasteiger partial charge in [0, 0.05) is 19.2 Å². The van der Waals surface area contributed by atoms with Crippen molar-refractivity contribution < 1.29 is 4.74 Å². The molecule has 0 aromatic heterocycles. The lowest BCUT2D eigenvalue weighted by atomic mass is 9.86. The summed E-state index contributed by atoms with van der Waals surface area (Å²) in [5.41, 5.74) is 2.02. The maximum atomic E-state index is 8.79. The van der Waals surface area contributed by atoms with E-state index in [4.69, 9.17) is 10.00 Å². The van der Waals surface area contributed by atoms with Gasteiger partial charge in [0.05, 0.1) is 17.2 Å². The molecule has 0 bridgehead atoms. The van der Waals surface area contributed by atoms with Crippen LogP contribution in [0, 0.1) is 11.3 Å². The number of rotatable bonds is 5. The molecule has 2 rings (SSSR count). The van der Waals surface area contributed by atoms with Gasteiger partial charge in [-0.05, 0) is 43.4 Å². The molecule has 1 unspecified atom stereocenters. The molecule has 3 nitrogen and oxygen atoms in total. The van der Waals surface area contributed by atoms with E-state index in [2.05, 4.69) is 25.2 Å². The van der Waals surface area contributed by atoms with Crippen molar-refractivity contribution in [1.29, 1.82) is 5.26 Å². The number of nitriles is 1. The van der Waals surface area contributed by atoms with E-state index in [0.717, 1.165) is 44.4 Å². The standard InChI is InChI=1S/C17H24N2O/c1-3-17(4-2)11-16(9-10-20-17)19-13-15-7-5-14(12-18)6-8-15/h5-8,16,19H,3-4,9-11,13H2,1-2H3. The van der Waals surface area contributed by atoms with Crippen LogP contribution in [0.5, 0.6) is 0 Å². The van der Waals surface area contributed by atoms with Crippen LogP contribution in [0.4, 0.5) is 0 Å². The van der Waals surface area contributed by atoms with E-state index in [0.29, 0.717) is 6.04 Å². The number of hydrogen-bond donors (Lipinski definition) is 1. The monoisotopic (exact) mass is 272 g/mol. The molecular weight excluding hydrogens is 248 g/mol. The van der Waals surface area contributed by atoms with Crippen LogP contribution in [0.3, 0.4) is 0 Å². The predicted molar refractivity (Wildman–Crippen MR) is 80.3 cm³/mol. The van der Waals surface area contributed by atoms with Crippen LogP contribution >= 0.6 is 0 Å². The molecule has 0 amide bonds. The second kappa shape index (κ2) is 6.88. The van der Waals surface area contributed by atoms with Crippen LogP contribution in [-0.4, -0.2) is 18.2 Å². The summed E-state index contributed by atoms with van der Waals surface area (Å²) in [5, 5.41) is 12.4. The van der Waals surface area contributed by atoms with Gasteiger partial charge in [-0.3, -0.25) is 0 Å². The Morgan fingerprint density at radius 2 is 2.00 bits per heavy atom. The first kappa shape index (κ1) is 15.0. The number of hydrogen-bond acceptors (Lipinski definition) is 3. The lowest BCUT2D eigenvalue weighted by Crippen LogP contribution is -2.46. The molecule has 108 valence electrons. The van der Waals surface area contributed by atoms with Gasteiger partial charge in [-0.1, -0.05) is 26.0 Å². The second-order valence-electron chi connectivity index (χ2n) is 5.62. The van der Waals surface area contributed by atoms with E-state index in [1.807, 2.05) is 24.3 Å². The van der Waals surface area contributed by atoms with Crippen molar-refractivity contribution in [1.82, 2.24) is 5.32 Å². The molecule has 0 saturated carbocycles. The topological polar surface area (TPSA) is 45.0 Å².